The molecular formula is C12H22N2O. The van der Waals surface area contributed by atoms with Crippen LogP contribution in [0.15, 0.2) is 0 Å². The molecule has 1 fully saturated rings. The SMILES string of the molecule is C#CCN(C)CC1CCC(CNCC)O1. The van der Waals surface area contributed by atoms with Crippen LogP contribution in [0.4, 0.5) is 0 Å². The van der Waals surface area contributed by atoms with Crippen LogP contribution in [0, 0.1) is 12.3 Å². The van der Waals surface area contributed by atoms with Crippen molar-refractivity contribution in [2.75, 3.05) is 33.2 Å². The normalized spacial score (nSPS) is 25.7. The van der Waals surface area contributed by atoms with Crippen molar-refractivity contribution in [1.82, 2.24) is 10.2 Å². The van der Waals surface area contributed by atoms with Crippen molar-refractivity contribution < 1.29 is 4.74 Å². The number of terminal acetylenes is 1. The summed E-state index contributed by atoms with van der Waals surface area (Å²) in [5, 5.41) is 3.32. The fourth-order valence-electron chi connectivity index (χ4n) is 1.94. The van der Waals surface area contributed by atoms with E-state index in [1.165, 1.54) is 6.42 Å². The molecule has 1 heterocycles. The van der Waals surface area contributed by atoms with Crippen molar-refractivity contribution in [1.29, 1.82) is 0 Å². The predicted molar refractivity (Wildman–Crippen MR) is 62.8 cm³/mol. The van der Waals surface area contributed by atoms with E-state index in [0.717, 1.165) is 26.1 Å². The van der Waals surface area contributed by atoms with E-state index in [4.69, 9.17) is 11.2 Å². The highest BCUT2D eigenvalue weighted by Crippen LogP contribution is 2.19. The second-order valence-corrected chi connectivity index (χ2v) is 4.17. The standard InChI is InChI=1S/C12H22N2O/c1-4-8-14(3)10-12-7-6-11(15-12)9-13-5-2/h1,11-13H,5-10H2,2-3H3. The van der Waals surface area contributed by atoms with Crippen LogP contribution < -0.4 is 5.32 Å². The number of rotatable bonds is 6. The molecule has 0 aromatic heterocycles. The Hall–Kier alpha value is -0.560. The van der Waals surface area contributed by atoms with Crippen LogP contribution in [0.3, 0.4) is 0 Å². The molecule has 0 aromatic rings. The lowest BCUT2D eigenvalue weighted by molar-refractivity contribution is 0.0302. The fourth-order valence-corrected chi connectivity index (χ4v) is 1.94. The van der Waals surface area contributed by atoms with Crippen LogP contribution in [0.25, 0.3) is 0 Å². The molecule has 0 spiro atoms. The first-order valence-corrected chi connectivity index (χ1v) is 5.74. The van der Waals surface area contributed by atoms with Gasteiger partial charge in [-0.3, -0.25) is 4.90 Å². The molecule has 0 amide bonds. The number of nitrogens with one attached hydrogen (secondary N) is 1. The zero-order chi connectivity index (χ0) is 11.1. The van der Waals surface area contributed by atoms with Crippen molar-refractivity contribution in [3.05, 3.63) is 0 Å². The molecule has 0 bridgehead atoms. The van der Waals surface area contributed by atoms with Crippen molar-refractivity contribution in [3.8, 4) is 12.3 Å². The van der Waals surface area contributed by atoms with E-state index in [-0.39, 0.29) is 0 Å². The summed E-state index contributed by atoms with van der Waals surface area (Å²) in [4.78, 5) is 2.14. The molecule has 15 heavy (non-hydrogen) atoms. The van der Waals surface area contributed by atoms with Crippen LogP contribution >= 0.6 is 0 Å². The van der Waals surface area contributed by atoms with Crippen LogP contribution in [0.5, 0.6) is 0 Å². The summed E-state index contributed by atoms with van der Waals surface area (Å²) in [6.45, 7) is 5.77. The molecular weight excluding hydrogens is 188 g/mol. The molecule has 0 aromatic carbocycles. The Kier molecular flexibility index (Phi) is 5.70. The lowest BCUT2D eigenvalue weighted by Gasteiger charge is -2.19. The Morgan fingerprint density at radius 2 is 2.20 bits per heavy atom. The Balaban J connectivity index is 2.16. The first-order valence-electron chi connectivity index (χ1n) is 5.74. The highest BCUT2D eigenvalue weighted by molar-refractivity contribution is 4.88. The average Bonchev–Trinajstić information content (AvgIpc) is 2.63. The monoisotopic (exact) mass is 210 g/mol. The molecule has 0 aliphatic carbocycles. The van der Waals surface area contributed by atoms with Crippen molar-refractivity contribution in [2.24, 2.45) is 0 Å². The molecule has 2 unspecified atom stereocenters. The van der Waals surface area contributed by atoms with Crippen molar-refractivity contribution in [2.45, 2.75) is 32.0 Å². The van der Waals surface area contributed by atoms with Gasteiger partial charge in [-0.05, 0) is 26.4 Å². The Morgan fingerprint density at radius 1 is 1.47 bits per heavy atom. The maximum Gasteiger partial charge on any atom is 0.0707 e. The summed E-state index contributed by atoms with van der Waals surface area (Å²) >= 11 is 0. The van der Waals surface area contributed by atoms with E-state index in [1.54, 1.807) is 0 Å². The van der Waals surface area contributed by atoms with Crippen LogP contribution in [-0.4, -0.2) is 50.3 Å². The number of likely N-dealkylation sites (N-methyl/N-ethyl adjacent to an activating group) is 2. The summed E-state index contributed by atoms with van der Waals surface area (Å²) in [6, 6.07) is 0. The second kappa shape index (κ2) is 6.84. The van der Waals surface area contributed by atoms with Gasteiger partial charge in [0.2, 0.25) is 0 Å². The first-order chi connectivity index (χ1) is 7.26. The molecule has 1 N–H and O–H groups in total. The Labute approximate surface area is 93.2 Å². The number of hydrogen-bond acceptors (Lipinski definition) is 3. The van der Waals surface area contributed by atoms with E-state index in [2.05, 4.69) is 23.1 Å². The van der Waals surface area contributed by atoms with Crippen LogP contribution in [0.1, 0.15) is 19.8 Å². The topological polar surface area (TPSA) is 24.5 Å². The van der Waals surface area contributed by atoms with Crippen molar-refractivity contribution in [3.63, 3.8) is 0 Å². The maximum atomic E-state index is 5.91. The van der Waals surface area contributed by atoms with Gasteiger partial charge in [0.25, 0.3) is 0 Å². The minimum absolute atomic E-state index is 0.368. The molecule has 1 saturated heterocycles. The summed E-state index contributed by atoms with van der Waals surface area (Å²) in [5.41, 5.74) is 0. The predicted octanol–water partition coefficient (Wildman–Crippen LogP) is 0.708. The number of nitrogens with zero attached hydrogens (tertiary/aromatic N) is 1. The third-order valence-corrected chi connectivity index (χ3v) is 2.69. The largest absolute Gasteiger partial charge is 0.372 e. The highest BCUT2D eigenvalue weighted by atomic mass is 16.5. The molecule has 3 heteroatoms. The molecule has 3 nitrogen and oxygen atoms in total. The molecule has 1 aliphatic rings. The summed E-state index contributed by atoms with van der Waals surface area (Å²) in [6.07, 6.45) is 8.35. The Bertz CT molecular complexity index is 212. The smallest absolute Gasteiger partial charge is 0.0707 e. The summed E-state index contributed by atoms with van der Waals surface area (Å²) in [5.74, 6) is 2.64. The molecule has 0 saturated carbocycles. The van der Waals surface area contributed by atoms with Crippen molar-refractivity contribution >= 4 is 0 Å². The third kappa shape index (κ3) is 4.65. The van der Waals surface area contributed by atoms with E-state index in [9.17, 15) is 0 Å². The van der Waals surface area contributed by atoms with Gasteiger partial charge in [-0.15, -0.1) is 6.42 Å². The van der Waals surface area contributed by atoms with Gasteiger partial charge in [0, 0.05) is 13.1 Å². The number of ether oxygens (including phenoxy) is 1. The molecule has 2 atom stereocenters. The van der Waals surface area contributed by atoms with E-state index in [1.807, 2.05) is 7.05 Å². The summed E-state index contributed by atoms with van der Waals surface area (Å²) in [7, 11) is 2.04. The Morgan fingerprint density at radius 3 is 2.87 bits per heavy atom. The third-order valence-electron chi connectivity index (χ3n) is 2.69. The highest BCUT2D eigenvalue weighted by Gasteiger charge is 2.25. The number of hydrogen-bond donors (Lipinski definition) is 1. The van der Waals surface area contributed by atoms with Gasteiger partial charge >= 0.3 is 0 Å². The minimum Gasteiger partial charge on any atom is -0.372 e. The van der Waals surface area contributed by atoms with Crippen LogP contribution in [0.2, 0.25) is 0 Å². The van der Waals surface area contributed by atoms with Gasteiger partial charge in [-0.25, -0.2) is 0 Å². The van der Waals surface area contributed by atoms with Gasteiger partial charge in [0.05, 0.1) is 18.8 Å². The molecule has 1 aliphatic heterocycles. The average molecular weight is 210 g/mol. The van der Waals surface area contributed by atoms with Gasteiger partial charge < -0.3 is 10.1 Å². The lowest BCUT2D eigenvalue weighted by Crippen LogP contribution is -2.32. The van der Waals surface area contributed by atoms with Gasteiger partial charge in [0.1, 0.15) is 0 Å². The first kappa shape index (κ1) is 12.5. The van der Waals surface area contributed by atoms with E-state index < -0.39 is 0 Å². The molecule has 1 rings (SSSR count). The summed E-state index contributed by atoms with van der Waals surface area (Å²) < 4.78 is 5.91. The quantitative estimate of drug-likeness (QED) is 0.653. The minimum atomic E-state index is 0.368. The lowest BCUT2D eigenvalue weighted by atomic mass is 10.2. The fraction of sp³-hybridized carbons (Fsp3) is 0.833. The van der Waals surface area contributed by atoms with Crippen LogP contribution in [-0.2, 0) is 4.74 Å². The van der Waals surface area contributed by atoms with Gasteiger partial charge in [-0.1, -0.05) is 12.8 Å². The zero-order valence-electron chi connectivity index (χ0n) is 9.83. The van der Waals surface area contributed by atoms with Gasteiger partial charge in [-0.2, -0.15) is 0 Å². The zero-order valence-corrected chi connectivity index (χ0v) is 9.83. The van der Waals surface area contributed by atoms with E-state index in [0.29, 0.717) is 18.8 Å². The van der Waals surface area contributed by atoms with E-state index >= 15 is 0 Å². The maximum absolute atomic E-state index is 5.91. The second-order valence-electron chi connectivity index (χ2n) is 4.17. The molecule has 0 radical (unpaired) electrons. The van der Waals surface area contributed by atoms with Gasteiger partial charge in [0.15, 0.2) is 0 Å². The molecule has 86 valence electrons.